The Balaban J connectivity index is 2.16. The Morgan fingerprint density at radius 1 is 1.61 bits per heavy atom. The van der Waals surface area contributed by atoms with Crippen molar-refractivity contribution in [1.29, 1.82) is 0 Å². The normalized spacial score (nSPS) is 14.6. The van der Waals surface area contributed by atoms with Crippen LogP contribution < -0.4 is 5.32 Å². The van der Waals surface area contributed by atoms with E-state index in [4.69, 9.17) is 11.6 Å². The predicted molar refractivity (Wildman–Crippen MR) is 77.1 cm³/mol. The molecule has 1 aromatic carbocycles. The summed E-state index contributed by atoms with van der Waals surface area (Å²) in [5, 5.41) is 3.69. The molecule has 0 atom stereocenters. The molecule has 1 N–H and O–H groups in total. The number of nitrogens with one attached hydrogen (secondary N) is 1. The highest BCUT2D eigenvalue weighted by molar-refractivity contribution is 9.10. The van der Waals surface area contributed by atoms with Gasteiger partial charge in [0.1, 0.15) is 0 Å². The van der Waals surface area contributed by atoms with E-state index >= 15 is 0 Å². The van der Waals surface area contributed by atoms with Gasteiger partial charge in [-0.2, -0.15) is 0 Å². The van der Waals surface area contributed by atoms with E-state index in [1.54, 1.807) is 11.0 Å². The van der Waals surface area contributed by atoms with Gasteiger partial charge in [0.15, 0.2) is 0 Å². The van der Waals surface area contributed by atoms with Gasteiger partial charge in [-0.05, 0) is 18.2 Å². The van der Waals surface area contributed by atoms with Gasteiger partial charge in [0.2, 0.25) is 11.9 Å². The lowest BCUT2D eigenvalue weighted by Gasteiger charge is -2.19. The van der Waals surface area contributed by atoms with Crippen molar-refractivity contribution in [2.24, 2.45) is 4.99 Å². The second-order valence-electron chi connectivity index (χ2n) is 3.85. The summed E-state index contributed by atoms with van der Waals surface area (Å²) < 4.78 is 0.910. The van der Waals surface area contributed by atoms with E-state index < -0.39 is 0 Å². The lowest BCUT2D eigenvalue weighted by atomic mass is 10.3. The first-order valence-corrected chi connectivity index (χ1v) is 6.86. The molecule has 0 bridgehead atoms. The van der Waals surface area contributed by atoms with Gasteiger partial charge in [0.05, 0.1) is 17.3 Å². The van der Waals surface area contributed by atoms with E-state index in [9.17, 15) is 4.79 Å². The molecular formula is C12H13BrClN3O. The second-order valence-corrected chi connectivity index (χ2v) is 5.18. The van der Waals surface area contributed by atoms with Crippen LogP contribution in [-0.4, -0.2) is 29.9 Å². The number of nitrogens with zero attached hydrogens (tertiary/aromatic N) is 2. The summed E-state index contributed by atoms with van der Waals surface area (Å²) in [6.07, 6.45) is 0.467. The van der Waals surface area contributed by atoms with E-state index in [1.807, 2.05) is 19.1 Å². The minimum absolute atomic E-state index is 0.0620. The standard InChI is InChI=1S/C12H13BrClN3O/c1-2-11(18)17-6-5-15-12(17)16-10-4-3-8(13)7-9(10)14/h3-4,7H,2,5-6H2,1H3,(H,15,16). The predicted octanol–water partition coefficient (Wildman–Crippen LogP) is 3.12. The van der Waals surface area contributed by atoms with Gasteiger partial charge in [0, 0.05) is 17.4 Å². The fourth-order valence-electron chi connectivity index (χ4n) is 1.70. The molecule has 1 aliphatic heterocycles. The first-order chi connectivity index (χ1) is 8.61. The van der Waals surface area contributed by atoms with Crippen LogP contribution in [0.1, 0.15) is 13.3 Å². The first kappa shape index (κ1) is 13.4. The van der Waals surface area contributed by atoms with Crippen molar-refractivity contribution >= 4 is 45.1 Å². The zero-order valence-corrected chi connectivity index (χ0v) is 12.3. The molecule has 18 heavy (non-hydrogen) atoms. The maximum Gasteiger partial charge on any atom is 0.229 e. The van der Waals surface area contributed by atoms with Crippen LogP contribution in [0.2, 0.25) is 5.02 Å². The molecule has 0 spiro atoms. The molecular weight excluding hydrogens is 318 g/mol. The van der Waals surface area contributed by atoms with Crippen molar-refractivity contribution in [3.63, 3.8) is 0 Å². The van der Waals surface area contributed by atoms with Crippen molar-refractivity contribution in [3.8, 4) is 0 Å². The minimum Gasteiger partial charge on any atom is -0.325 e. The minimum atomic E-state index is 0.0620. The monoisotopic (exact) mass is 329 g/mol. The van der Waals surface area contributed by atoms with Gasteiger partial charge in [-0.15, -0.1) is 0 Å². The largest absolute Gasteiger partial charge is 0.325 e. The Hall–Kier alpha value is -1.07. The molecule has 0 aliphatic carbocycles. The van der Waals surface area contributed by atoms with Gasteiger partial charge in [0.25, 0.3) is 0 Å². The highest BCUT2D eigenvalue weighted by Gasteiger charge is 2.22. The number of hydrogen-bond donors (Lipinski definition) is 1. The number of anilines is 1. The molecule has 4 nitrogen and oxygen atoms in total. The first-order valence-electron chi connectivity index (χ1n) is 5.68. The molecule has 0 unspecified atom stereocenters. The van der Waals surface area contributed by atoms with Crippen molar-refractivity contribution in [1.82, 2.24) is 4.90 Å². The van der Waals surface area contributed by atoms with Crippen molar-refractivity contribution in [2.45, 2.75) is 13.3 Å². The molecule has 1 heterocycles. The molecule has 0 saturated heterocycles. The molecule has 6 heteroatoms. The molecule has 0 saturated carbocycles. The zero-order chi connectivity index (χ0) is 13.1. The molecule has 0 fully saturated rings. The molecule has 2 rings (SSSR count). The summed E-state index contributed by atoms with van der Waals surface area (Å²) in [4.78, 5) is 17.7. The maximum atomic E-state index is 11.7. The van der Waals surface area contributed by atoms with Crippen LogP contribution in [-0.2, 0) is 4.79 Å². The Morgan fingerprint density at radius 3 is 3.06 bits per heavy atom. The molecule has 1 aromatic rings. The zero-order valence-electron chi connectivity index (χ0n) is 9.91. The van der Waals surface area contributed by atoms with Gasteiger partial charge in [-0.3, -0.25) is 14.7 Å². The van der Waals surface area contributed by atoms with Crippen LogP contribution >= 0.6 is 27.5 Å². The number of hydrogen-bond acceptors (Lipinski definition) is 3. The topological polar surface area (TPSA) is 44.7 Å². The van der Waals surface area contributed by atoms with Crippen LogP contribution in [0.25, 0.3) is 0 Å². The number of halogens is 2. The highest BCUT2D eigenvalue weighted by Crippen LogP contribution is 2.26. The van der Waals surface area contributed by atoms with Crippen molar-refractivity contribution in [2.75, 3.05) is 18.4 Å². The van der Waals surface area contributed by atoms with Gasteiger partial charge >= 0.3 is 0 Å². The average Bonchev–Trinajstić information content (AvgIpc) is 2.80. The van der Waals surface area contributed by atoms with Crippen LogP contribution in [0, 0.1) is 0 Å². The number of benzene rings is 1. The summed E-state index contributed by atoms with van der Waals surface area (Å²) in [5.74, 6) is 0.637. The third-order valence-electron chi connectivity index (χ3n) is 2.62. The number of carbonyl (C=O) groups excluding carboxylic acids is 1. The van der Waals surface area contributed by atoms with E-state index in [-0.39, 0.29) is 5.91 Å². The number of rotatable bonds is 2. The third-order valence-corrected chi connectivity index (χ3v) is 3.43. The Kier molecular flexibility index (Phi) is 4.24. The van der Waals surface area contributed by atoms with E-state index in [0.717, 1.165) is 10.2 Å². The summed E-state index contributed by atoms with van der Waals surface area (Å²) in [7, 11) is 0. The van der Waals surface area contributed by atoms with Crippen LogP contribution in [0.15, 0.2) is 27.7 Å². The van der Waals surface area contributed by atoms with E-state index in [2.05, 4.69) is 26.2 Å². The SMILES string of the molecule is CCC(=O)N1CCN=C1Nc1ccc(Br)cc1Cl. The molecule has 0 aromatic heterocycles. The van der Waals surface area contributed by atoms with Gasteiger partial charge in [-0.25, -0.2) is 0 Å². The summed E-state index contributed by atoms with van der Waals surface area (Å²) >= 11 is 9.47. The quantitative estimate of drug-likeness (QED) is 0.905. The molecule has 1 aliphatic rings. The number of guanidine groups is 1. The number of amides is 1. The number of aliphatic imine (C=N–C) groups is 1. The highest BCUT2D eigenvalue weighted by atomic mass is 79.9. The fourth-order valence-corrected chi connectivity index (χ4v) is 2.42. The maximum absolute atomic E-state index is 11.7. The van der Waals surface area contributed by atoms with Crippen molar-refractivity contribution < 1.29 is 4.79 Å². The molecule has 1 amide bonds. The lowest BCUT2D eigenvalue weighted by Crippen LogP contribution is -2.37. The Bertz CT molecular complexity index is 504. The second kappa shape index (κ2) is 5.71. The number of carbonyl (C=O) groups is 1. The third kappa shape index (κ3) is 2.84. The van der Waals surface area contributed by atoms with Crippen LogP contribution in [0.4, 0.5) is 5.69 Å². The smallest absolute Gasteiger partial charge is 0.229 e. The summed E-state index contributed by atoms with van der Waals surface area (Å²) in [6, 6.07) is 5.53. The lowest BCUT2D eigenvalue weighted by molar-refractivity contribution is -0.126. The van der Waals surface area contributed by atoms with Crippen molar-refractivity contribution in [3.05, 3.63) is 27.7 Å². The average molecular weight is 331 g/mol. The summed E-state index contributed by atoms with van der Waals surface area (Å²) in [6.45, 7) is 3.09. The Morgan fingerprint density at radius 2 is 2.39 bits per heavy atom. The molecule has 96 valence electrons. The fraction of sp³-hybridized carbons (Fsp3) is 0.333. The van der Waals surface area contributed by atoms with Crippen LogP contribution in [0.3, 0.4) is 0 Å². The van der Waals surface area contributed by atoms with E-state index in [1.165, 1.54) is 0 Å². The van der Waals surface area contributed by atoms with Gasteiger partial charge in [-0.1, -0.05) is 34.5 Å². The Labute approximate surface area is 119 Å². The summed E-state index contributed by atoms with van der Waals surface area (Å²) in [5.41, 5.74) is 0.745. The van der Waals surface area contributed by atoms with E-state index in [0.29, 0.717) is 30.5 Å². The van der Waals surface area contributed by atoms with Crippen LogP contribution in [0.5, 0.6) is 0 Å². The molecule has 0 radical (unpaired) electrons. The van der Waals surface area contributed by atoms with Gasteiger partial charge < -0.3 is 5.32 Å².